The third-order valence-corrected chi connectivity index (χ3v) is 12.9. The second-order valence-electron chi connectivity index (χ2n) is 16.1. The molecule has 0 bridgehead atoms. The lowest BCUT2D eigenvalue weighted by Gasteiger charge is -2.33. The molecule has 6 N–H and O–H groups in total. The lowest BCUT2D eigenvalue weighted by molar-refractivity contribution is -0.164. The number of aliphatic hydroxyl groups is 2. The highest BCUT2D eigenvalue weighted by Gasteiger charge is 2.42. The van der Waals surface area contributed by atoms with Crippen LogP contribution >= 0.6 is 11.3 Å². The highest BCUT2D eigenvalue weighted by atomic mass is 32.1. The van der Waals surface area contributed by atoms with Crippen LogP contribution in [0.25, 0.3) is 21.3 Å². The number of aromatic nitrogens is 1. The maximum Gasteiger partial charge on any atom is 0.347 e. The molecule has 0 saturated carbocycles. The number of carbonyl (C=O) groups is 2. The summed E-state index contributed by atoms with van der Waals surface area (Å²) in [5.74, 6) is -1.68. The fraction of sp³-hybridized carbons (Fsp3) is 0.235. The largest absolute Gasteiger partial charge is 0.506 e. The number of piperidine rings is 1. The molecule has 1 fully saturated rings. The summed E-state index contributed by atoms with van der Waals surface area (Å²) in [6.07, 6.45) is 0.771. The van der Waals surface area contributed by atoms with Gasteiger partial charge < -0.3 is 35.7 Å². The molecule has 5 aromatic carbocycles. The number of likely N-dealkylation sites (tertiary alicyclic amines) is 1. The molecule has 1 amide bonds. The third-order valence-electron chi connectivity index (χ3n) is 11.8. The SMILES string of the molecule is O=C(NCc1ccc(-c2cccc(C(O)(C(=O)OCC3CCN(Cc4ccccc4)CC3)c3ccccc3)c2)s1)c1ccc(CNCC(O)c2ccc(O)c3[nH]c(=O)ccc23)c(F)c1. The fourth-order valence-corrected chi connectivity index (χ4v) is 9.11. The van der Waals surface area contributed by atoms with Crippen LogP contribution in [0.5, 0.6) is 5.75 Å². The van der Waals surface area contributed by atoms with E-state index in [9.17, 15) is 29.7 Å². The van der Waals surface area contributed by atoms with E-state index in [2.05, 4.69) is 32.7 Å². The maximum absolute atomic E-state index is 15.2. The highest BCUT2D eigenvalue weighted by molar-refractivity contribution is 7.15. The molecule has 11 nitrogen and oxygen atoms in total. The van der Waals surface area contributed by atoms with Crippen molar-refractivity contribution < 1.29 is 34.0 Å². The molecular formula is C51H49FN4O7S. The topological polar surface area (TPSA) is 164 Å². The lowest BCUT2D eigenvalue weighted by atomic mass is 9.85. The normalized spacial score (nSPS) is 14.8. The number of benzene rings is 5. The van der Waals surface area contributed by atoms with Crippen LogP contribution < -0.4 is 16.2 Å². The number of fused-ring (bicyclic) bond motifs is 1. The number of pyridine rings is 1. The number of ether oxygens (including phenoxy) is 1. The first-order valence-corrected chi connectivity index (χ1v) is 22.1. The second kappa shape index (κ2) is 19.9. The first kappa shape index (κ1) is 44.1. The van der Waals surface area contributed by atoms with Crippen molar-refractivity contribution in [1.82, 2.24) is 20.5 Å². The van der Waals surface area contributed by atoms with E-state index in [1.165, 1.54) is 53.3 Å². The summed E-state index contributed by atoms with van der Waals surface area (Å²) in [7, 11) is 0. The number of aromatic hydroxyl groups is 1. The van der Waals surface area contributed by atoms with Crippen LogP contribution in [0.1, 0.15) is 62.0 Å². The van der Waals surface area contributed by atoms with Crippen molar-refractivity contribution in [2.75, 3.05) is 26.2 Å². The summed E-state index contributed by atoms with van der Waals surface area (Å²) in [4.78, 5) is 45.5. The lowest BCUT2D eigenvalue weighted by Crippen LogP contribution is -2.40. The zero-order valence-electron chi connectivity index (χ0n) is 35.0. The molecule has 3 heterocycles. The van der Waals surface area contributed by atoms with Crippen LogP contribution in [-0.4, -0.2) is 63.3 Å². The number of hydrogen-bond acceptors (Lipinski definition) is 10. The molecular weight excluding hydrogens is 832 g/mol. The summed E-state index contributed by atoms with van der Waals surface area (Å²) in [6, 6.07) is 40.3. The minimum absolute atomic E-state index is 0.0597. The van der Waals surface area contributed by atoms with Crippen LogP contribution in [0, 0.1) is 11.7 Å². The van der Waals surface area contributed by atoms with Crippen molar-refractivity contribution in [2.24, 2.45) is 5.92 Å². The summed E-state index contributed by atoms with van der Waals surface area (Å²) in [5, 5.41) is 39.7. The molecule has 7 aromatic rings. The quantitative estimate of drug-likeness (QED) is 0.0539. The van der Waals surface area contributed by atoms with Gasteiger partial charge in [-0.1, -0.05) is 91.0 Å². The number of amides is 1. The molecule has 328 valence electrons. The molecule has 0 spiro atoms. The Labute approximate surface area is 373 Å². The zero-order chi connectivity index (χ0) is 44.6. The molecule has 0 aliphatic carbocycles. The van der Waals surface area contributed by atoms with E-state index in [1.54, 1.807) is 48.5 Å². The number of hydrogen-bond donors (Lipinski definition) is 6. The predicted molar refractivity (Wildman–Crippen MR) is 245 cm³/mol. The van der Waals surface area contributed by atoms with E-state index in [4.69, 9.17) is 4.74 Å². The Kier molecular flexibility index (Phi) is 13.7. The summed E-state index contributed by atoms with van der Waals surface area (Å²) in [6.45, 7) is 3.25. The van der Waals surface area contributed by atoms with Gasteiger partial charge in [0.2, 0.25) is 11.2 Å². The van der Waals surface area contributed by atoms with Crippen LogP contribution in [0.15, 0.2) is 144 Å². The molecule has 2 atom stereocenters. The molecule has 2 unspecified atom stereocenters. The minimum atomic E-state index is -2.05. The van der Waals surface area contributed by atoms with Crippen molar-refractivity contribution >= 4 is 34.1 Å². The van der Waals surface area contributed by atoms with Crippen LogP contribution in [0.3, 0.4) is 0 Å². The van der Waals surface area contributed by atoms with E-state index < -0.39 is 29.4 Å². The molecule has 1 aliphatic heterocycles. The van der Waals surface area contributed by atoms with Gasteiger partial charge >= 0.3 is 5.97 Å². The Bertz CT molecular complexity index is 2790. The number of nitrogens with one attached hydrogen (secondary N) is 3. The molecule has 0 radical (unpaired) electrons. The Morgan fingerprint density at radius 2 is 1.61 bits per heavy atom. The van der Waals surface area contributed by atoms with Crippen molar-refractivity contribution in [3.63, 3.8) is 0 Å². The second-order valence-corrected chi connectivity index (χ2v) is 17.3. The van der Waals surface area contributed by atoms with Crippen molar-refractivity contribution in [2.45, 2.75) is 44.2 Å². The zero-order valence-corrected chi connectivity index (χ0v) is 35.8. The van der Waals surface area contributed by atoms with Crippen molar-refractivity contribution in [1.29, 1.82) is 0 Å². The van der Waals surface area contributed by atoms with Gasteiger partial charge in [0.25, 0.3) is 5.91 Å². The number of nitrogens with zero attached hydrogens (tertiary/aromatic N) is 1. The average molecular weight is 881 g/mol. The number of thiophene rings is 1. The van der Waals surface area contributed by atoms with Crippen molar-refractivity contribution in [3.8, 4) is 16.2 Å². The van der Waals surface area contributed by atoms with Gasteiger partial charge in [-0.15, -0.1) is 11.3 Å². The first-order valence-electron chi connectivity index (χ1n) is 21.3. The fourth-order valence-electron chi connectivity index (χ4n) is 8.16. The summed E-state index contributed by atoms with van der Waals surface area (Å²) in [5.41, 5.74) is 1.56. The van der Waals surface area contributed by atoms with Gasteiger partial charge in [0.15, 0.2) is 0 Å². The van der Waals surface area contributed by atoms with E-state index in [-0.39, 0.29) is 54.5 Å². The summed E-state index contributed by atoms with van der Waals surface area (Å²) >= 11 is 1.45. The molecule has 64 heavy (non-hydrogen) atoms. The van der Waals surface area contributed by atoms with E-state index in [1.807, 2.05) is 42.5 Å². The Hall–Kier alpha value is -6.48. The first-order chi connectivity index (χ1) is 31.0. The molecule has 13 heteroatoms. The van der Waals surface area contributed by atoms with Gasteiger partial charge in [0.1, 0.15) is 11.6 Å². The third kappa shape index (κ3) is 10.1. The number of aromatic amines is 1. The van der Waals surface area contributed by atoms with E-state index in [0.717, 1.165) is 47.8 Å². The molecule has 2 aromatic heterocycles. The van der Waals surface area contributed by atoms with Crippen LogP contribution in [-0.2, 0) is 34.8 Å². The Morgan fingerprint density at radius 1 is 0.859 bits per heavy atom. The van der Waals surface area contributed by atoms with Gasteiger partial charge in [0.05, 0.1) is 24.8 Å². The number of carbonyl (C=O) groups excluding carboxylic acids is 2. The minimum Gasteiger partial charge on any atom is -0.506 e. The molecule has 1 saturated heterocycles. The number of H-pyrrole nitrogens is 1. The number of phenolic OH excluding ortho intramolecular Hbond substituents is 1. The van der Waals surface area contributed by atoms with Crippen LogP contribution in [0.2, 0.25) is 0 Å². The Morgan fingerprint density at radius 3 is 2.38 bits per heavy atom. The maximum atomic E-state index is 15.2. The smallest absolute Gasteiger partial charge is 0.347 e. The number of rotatable bonds is 16. The number of phenols is 1. The van der Waals surface area contributed by atoms with Crippen molar-refractivity contribution in [3.05, 3.63) is 194 Å². The average Bonchev–Trinajstić information content (AvgIpc) is 3.81. The van der Waals surface area contributed by atoms with Gasteiger partial charge in [0, 0.05) is 57.5 Å². The highest BCUT2D eigenvalue weighted by Crippen LogP contribution is 2.36. The van der Waals surface area contributed by atoms with Crippen LogP contribution in [0.4, 0.5) is 4.39 Å². The van der Waals surface area contributed by atoms with E-state index >= 15 is 4.39 Å². The number of esters is 1. The number of aliphatic hydroxyl groups excluding tert-OH is 1. The van der Waals surface area contributed by atoms with Gasteiger partial charge in [-0.25, -0.2) is 9.18 Å². The predicted octanol–water partition coefficient (Wildman–Crippen LogP) is 7.55. The van der Waals surface area contributed by atoms with E-state index in [0.29, 0.717) is 27.6 Å². The monoisotopic (exact) mass is 880 g/mol. The standard InChI is InChI=1S/C51H49FN4O7S/c52-43-27-36(14-15-37(43)28-53-30-45(58)41-17-19-44(57)48-42(41)18-21-47(59)55-48)49(60)54-29-40-16-20-46(64-40)35-10-7-13-39(26-35)51(62,38-11-5-2-6-12-38)50(61)63-32-34-22-24-56(25-23-34)31-33-8-3-1-4-9-33/h1-21,26-27,34,45,53,57-58,62H,22-25,28-32H2,(H,54,60)(H,55,59). The Balaban J connectivity index is 0.861. The summed E-state index contributed by atoms with van der Waals surface area (Å²) < 4.78 is 21.1. The molecule has 8 rings (SSSR count). The number of halogens is 1. The van der Waals surface area contributed by atoms with Gasteiger partial charge in [-0.05, 0) is 96.6 Å². The van der Waals surface area contributed by atoms with Gasteiger partial charge in [-0.2, -0.15) is 0 Å². The van der Waals surface area contributed by atoms with Gasteiger partial charge in [-0.3, -0.25) is 14.5 Å². The molecule has 1 aliphatic rings.